The molecule has 0 fully saturated rings. The van der Waals surface area contributed by atoms with Crippen LogP contribution in [0.4, 0.5) is 0 Å². The highest BCUT2D eigenvalue weighted by molar-refractivity contribution is 8.03. The molecule has 116 valence electrons. The van der Waals surface area contributed by atoms with Crippen LogP contribution in [0.3, 0.4) is 0 Å². The normalized spacial score (nSPS) is 20.4. The van der Waals surface area contributed by atoms with Gasteiger partial charge in [0.15, 0.2) is 5.25 Å². The Bertz CT molecular complexity index is 601. The Labute approximate surface area is 129 Å². The van der Waals surface area contributed by atoms with E-state index >= 15 is 0 Å². The van der Waals surface area contributed by atoms with E-state index in [9.17, 15) is 13.0 Å². The number of benzene rings is 1. The molecule has 0 saturated heterocycles. The summed E-state index contributed by atoms with van der Waals surface area (Å²) < 4.78 is 38.7. The second-order valence-electron chi connectivity index (χ2n) is 4.71. The monoisotopic (exact) mass is 329 g/mol. The molecular formula is C14H19NO4S2. The van der Waals surface area contributed by atoms with Crippen molar-refractivity contribution in [2.75, 3.05) is 20.3 Å². The standard InChI is InChI=1S/C14H19NO4S2/c1-3-19-9-13-15(2)12(10-20-13)14(21(16,17)18)11-7-5-4-6-8-11/h4-8,10,13-14H,3,9H2,1-2H3,(H,16,17,18). The Morgan fingerprint density at radius 2 is 2.05 bits per heavy atom. The fourth-order valence-electron chi connectivity index (χ4n) is 2.23. The zero-order chi connectivity index (χ0) is 15.5. The van der Waals surface area contributed by atoms with Crippen molar-refractivity contribution in [1.82, 2.24) is 4.90 Å². The molecule has 0 aliphatic carbocycles. The van der Waals surface area contributed by atoms with Gasteiger partial charge in [0.2, 0.25) is 0 Å². The van der Waals surface area contributed by atoms with Gasteiger partial charge in [-0.15, -0.1) is 11.8 Å². The lowest BCUT2D eigenvalue weighted by molar-refractivity contribution is 0.121. The molecule has 21 heavy (non-hydrogen) atoms. The van der Waals surface area contributed by atoms with Crippen LogP contribution in [0, 0.1) is 0 Å². The van der Waals surface area contributed by atoms with Crippen molar-refractivity contribution in [3.05, 3.63) is 47.0 Å². The molecule has 1 aromatic rings. The summed E-state index contributed by atoms with van der Waals surface area (Å²) in [6.45, 7) is 3.03. The van der Waals surface area contributed by atoms with Crippen LogP contribution in [-0.2, 0) is 14.9 Å². The van der Waals surface area contributed by atoms with E-state index in [1.165, 1.54) is 11.8 Å². The fourth-order valence-corrected chi connectivity index (χ4v) is 4.43. The Balaban J connectivity index is 2.28. The van der Waals surface area contributed by atoms with E-state index in [1.807, 2.05) is 24.9 Å². The molecule has 1 heterocycles. The SMILES string of the molecule is CCOCC1SC=C(C(c2ccccc2)S(=O)(=O)O)N1C. The zero-order valence-electron chi connectivity index (χ0n) is 12.0. The van der Waals surface area contributed by atoms with Crippen molar-refractivity contribution in [3.8, 4) is 0 Å². The number of rotatable bonds is 6. The van der Waals surface area contributed by atoms with Crippen LogP contribution in [0.25, 0.3) is 0 Å². The van der Waals surface area contributed by atoms with E-state index in [1.54, 1.807) is 29.7 Å². The molecule has 2 rings (SSSR count). The highest BCUT2D eigenvalue weighted by Crippen LogP contribution is 2.40. The van der Waals surface area contributed by atoms with E-state index in [4.69, 9.17) is 4.74 Å². The first-order valence-corrected chi connectivity index (χ1v) is 9.07. The van der Waals surface area contributed by atoms with Crippen LogP contribution in [-0.4, -0.2) is 43.5 Å². The average molecular weight is 329 g/mol. The van der Waals surface area contributed by atoms with Gasteiger partial charge in [0.05, 0.1) is 6.61 Å². The molecular weight excluding hydrogens is 310 g/mol. The largest absolute Gasteiger partial charge is 0.379 e. The molecule has 0 amide bonds. The molecule has 0 saturated carbocycles. The molecule has 0 aromatic heterocycles. The summed E-state index contributed by atoms with van der Waals surface area (Å²) in [5.74, 6) is 0. The minimum absolute atomic E-state index is 0.0212. The topological polar surface area (TPSA) is 66.8 Å². The first-order chi connectivity index (χ1) is 9.95. The third-order valence-electron chi connectivity index (χ3n) is 3.32. The first kappa shape index (κ1) is 16.4. The minimum Gasteiger partial charge on any atom is -0.379 e. The van der Waals surface area contributed by atoms with Gasteiger partial charge in [-0.05, 0) is 17.9 Å². The highest BCUT2D eigenvalue weighted by Gasteiger charge is 2.36. The maximum atomic E-state index is 11.8. The smallest absolute Gasteiger partial charge is 0.277 e. The van der Waals surface area contributed by atoms with Gasteiger partial charge in [0, 0.05) is 19.4 Å². The zero-order valence-corrected chi connectivity index (χ0v) is 13.6. The van der Waals surface area contributed by atoms with Crippen molar-refractivity contribution in [3.63, 3.8) is 0 Å². The van der Waals surface area contributed by atoms with Gasteiger partial charge in [-0.3, -0.25) is 4.55 Å². The van der Waals surface area contributed by atoms with Crippen LogP contribution < -0.4 is 0 Å². The molecule has 2 atom stereocenters. The van der Waals surface area contributed by atoms with Crippen molar-refractivity contribution < 1.29 is 17.7 Å². The number of hydrogen-bond donors (Lipinski definition) is 1. The fraction of sp³-hybridized carbons (Fsp3) is 0.429. The van der Waals surface area contributed by atoms with Gasteiger partial charge >= 0.3 is 0 Å². The molecule has 1 N–H and O–H groups in total. The van der Waals surface area contributed by atoms with E-state index < -0.39 is 15.4 Å². The lowest BCUT2D eigenvalue weighted by atomic mass is 10.1. The van der Waals surface area contributed by atoms with Crippen LogP contribution in [0.1, 0.15) is 17.7 Å². The molecule has 0 bridgehead atoms. The van der Waals surface area contributed by atoms with E-state index in [0.29, 0.717) is 24.5 Å². The third kappa shape index (κ3) is 3.79. The maximum absolute atomic E-state index is 11.8. The average Bonchev–Trinajstić information content (AvgIpc) is 2.78. The molecule has 1 aliphatic heterocycles. The van der Waals surface area contributed by atoms with Crippen molar-refractivity contribution in [2.24, 2.45) is 0 Å². The van der Waals surface area contributed by atoms with Crippen molar-refractivity contribution in [1.29, 1.82) is 0 Å². The molecule has 0 spiro atoms. The van der Waals surface area contributed by atoms with Gasteiger partial charge in [-0.1, -0.05) is 30.3 Å². The van der Waals surface area contributed by atoms with E-state index in [-0.39, 0.29) is 5.37 Å². The molecule has 1 aromatic carbocycles. The number of ether oxygens (including phenoxy) is 1. The van der Waals surface area contributed by atoms with Gasteiger partial charge in [0.1, 0.15) is 5.37 Å². The van der Waals surface area contributed by atoms with E-state index in [2.05, 4.69) is 0 Å². The Morgan fingerprint density at radius 3 is 2.62 bits per heavy atom. The quantitative estimate of drug-likeness (QED) is 0.809. The number of hydrogen-bond acceptors (Lipinski definition) is 5. The van der Waals surface area contributed by atoms with Gasteiger partial charge in [-0.2, -0.15) is 8.42 Å². The maximum Gasteiger partial charge on any atom is 0.277 e. The summed E-state index contributed by atoms with van der Waals surface area (Å²) >= 11 is 1.50. The van der Waals surface area contributed by atoms with Crippen molar-refractivity contribution >= 4 is 21.9 Å². The predicted molar refractivity (Wildman–Crippen MR) is 84.4 cm³/mol. The van der Waals surface area contributed by atoms with Crippen molar-refractivity contribution in [2.45, 2.75) is 17.5 Å². The Morgan fingerprint density at radius 1 is 1.38 bits per heavy atom. The lowest BCUT2D eigenvalue weighted by Gasteiger charge is -2.28. The molecule has 2 unspecified atom stereocenters. The predicted octanol–water partition coefficient (Wildman–Crippen LogP) is 2.50. The number of thioether (sulfide) groups is 1. The molecule has 1 aliphatic rings. The molecule has 0 radical (unpaired) electrons. The number of likely N-dealkylation sites (N-methyl/N-ethyl adjacent to an activating group) is 1. The summed E-state index contributed by atoms with van der Waals surface area (Å²) in [6, 6.07) is 8.73. The number of nitrogens with zero attached hydrogens (tertiary/aromatic N) is 1. The van der Waals surface area contributed by atoms with E-state index in [0.717, 1.165) is 0 Å². The molecule has 5 nitrogen and oxygen atoms in total. The van der Waals surface area contributed by atoms with Gasteiger partial charge in [0.25, 0.3) is 10.1 Å². The van der Waals surface area contributed by atoms with Gasteiger partial charge < -0.3 is 9.64 Å². The van der Waals surface area contributed by atoms with Crippen LogP contribution in [0.2, 0.25) is 0 Å². The third-order valence-corrected chi connectivity index (χ3v) is 5.57. The second kappa shape index (κ2) is 6.83. The van der Waals surface area contributed by atoms with Crippen LogP contribution >= 0.6 is 11.8 Å². The van der Waals surface area contributed by atoms with Gasteiger partial charge in [-0.25, -0.2) is 0 Å². The minimum atomic E-state index is -4.24. The van der Waals surface area contributed by atoms with Crippen LogP contribution in [0.15, 0.2) is 41.4 Å². The molecule has 7 heteroatoms. The summed E-state index contributed by atoms with van der Waals surface area (Å²) in [4.78, 5) is 1.85. The summed E-state index contributed by atoms with van der Waals surface area (Å²) in [5, 5.41) is 0.741. The van der Waals surface area contributed by atoms with Crippen LogP contribution in [0.5, 0.6) is 0 Å². The Hall–Kier alpha value is -1.02. The highest BCUT2D eigenvalue weighted by atomic mass is 32.2. The first-order valence-electron chi connectivity index (χ1n) is 6.62. The summed E-state index contributed by atoms with van der Waals surface area (Å²) in [5.41, 5.74) is 1.12. The summed E-state index contributed by atoms with van der Waals surface area (Å²) in [6.07, 6.45) is 0. The Kier molecular flexibility index (Phi) is 5.32. The summed E-state index contributed by atoms with van der Waals surface area (Å²) in [7, 11) is -2.43. The second-order valence-corrected chi connectivity index (χ2v) is 7.26. The lowest BCUT2D eigenvalue weighted by Crippen LogP contribution is -2.32.